The van der Waals surface area contributed by atoms with Gasteiger partial charge in [0.25, 0.3) is 0 Å². The second kappa shape index (κ2) is 6.60. The summed E-state index contributed by atoms with van der Waals surface area (Å²) in [6, 6.07) is 0. The Labute approximate surface area is 96.2 Å². The molecule has 0 aliphatic heterocycles. The summed E-state index contributed by atoms with van der Waals surface area (Å²) in [5.74, 6) is -1.63. The molecule has 0 aliphatic carbocycles. The van der Waals surface area contributed by atoms with E-state index in [9.17, 15) is 9.59 Å². The van der Waals surface area contributed by atoms with Gasteiger partial charge in [-0.05, 0) is 20.3 Å². The smallest absolute Gasteiger partial charge is 0.234 e. The van der Waals surface area contributed by atoms with Crippen LogP contribution >= 0.6 is 0 Å². The molecule has 2 amide bonds. The predicted octanol–water partition coefficient (Wildman–Crippen LogP) is 0.463. The van der Waals surface area contributed by atoms with Gasteiger partial charge >= 0.3 is 0 Å². The maximum Gasteiger partial charge on any atom is 0.234 e. The van der Waals surface area contributed by atoms with E-state index in [1.807, 2.05) is 20.8 Å². The molecule has 0 rings (SSSR count). The van der Waals surface area contributed by atoms with Gasteiger partial charge in [0.15, 0.2) is 0 Å². The first-order valence-electron chi connectivity index (χ1n) is 5.38. The third-order valence-electron chi connectivity index (χ3n) is 2.42. The van der Waals surface area contributed by atoms with Crippen LogP contribution in [0.5, 0.6) is 0 Å². The molecule has 16 heavy (non-hydrogen) atoms. The van der Waals surface area contributed by atoms with Gasteiger partial charge in [0.1, 0.15) is 0 Å². The maximum atomic E-state index is 11.4. The van der Waals surface area contributed by atoms with E-state index in [4.69, 9.17) is 9.84 Å². The summed E-state index contributed by atoms with van der Waals surface area (Å²) in [6.07, 6.45) is 0.805. The lowest BCUT2D eigenvalue weighted by Gasteiger charge is -2.25. The molecule has 0 spiro atoms. The highest BCUT2D eigenvalue weighted by Gasteiger charge is 2.23. The molecule has 0 radical (unpaired) electrons. The Morgan fingerprint density at radius 1 is 1.44 bits per heavy atom. The second-order valence-electron chi connectivity index (χ2n) is 4.35. The van der Waals surface area contributed by atoms with E-state index in [0.29, 0.717) is 0 Å². The highest BCUT2D eigenvalue weighted by molar-refractivity contribution is 5.95. The molecule has 5 heteroatoms. The number of aliphatic hydroxyl groups excluding tert-OH is 1. The molecule has 0 bridgehead atoms. The zero-order valence-electron chi connectivity index (χ0n) is 10.4. The fourth-order valence-corrected chi connectivity index (χ4v) is 0.915. The van der Waals surface area contributed by atoms with Crippen molar-refractivity contribution in [3.63, 3.8) is 0 Å². The number of hydrogen-bond donors (Lipinski definition) is 2. The van der Waals surface area contributed by atoms with Gasteiger partial charge in [-0.2, -0.15) is 0 Å². The number of rotatable bonds is 6. The molecule has 0 saturated heterocycles. The first-order valence-corrected chi connectivity index (χ1v) is 5.38. The normalized spacial score (nSPS) is 13.3. The molecule has 2 N–H and O–H groups in total. The van der Waals surface area contributed by atoms with E-state index >= 15 is 0 Å². The summed E-state index contributed by atoms with van der Waals surface area (Å²) in [5.41, 5.74) is -0.329. The lowest BCUT2D eigenvalue weighted by Crippen LogP contribution is -2.39. The lowest BCUT2D eigenvalue weighted by atomic mass is 10.1. The molecule has 5 nitrogen and oxygen atoms in total. The van der Waals surface area contributed by atoms with Crippen molar-refractivity contribution in [3.8, 4) is 0 Å². The van der Waals surface area contributed by atoms with Crippen molar-refractivity contribution in [3.05, 3.63) is 0 Å². The van der Waals surface area contributed by atoms with Gasteiger partial charge in [-0.25, -0.2) is 0 Å². The van der Waals surface area contributed by atoms with Crippen LogP contribution in [0.1, 0.15) is 34.1 Å². The van der Waals surface area contributed by atoms with Crippen molar-refractivity contribution < 1.29 is 19.4 Å². The van der Waals surface area contributed by atoms with Crippen molar-refractivity contribution in [1.82, 2.24) is 5.32 Å². The highest BCUT2D eigenvalue weighted by Crippen LogP contribution is 2.15. The van der Waals surface area contributed by atoms with Crippen molar-refractivity contribution in [2.45, 2.75) is 39.7 Å². The van der Waals surface area contributed by atoms with Gasteiger partial charge < -0.3 is 9.84 Å². The van der Waals surface area contributed by atoms with Crippen LogP contribution in [-0.4, -0.2) is 35.7 Å². The molecule has 0 heterocycles. The Kier molecular flexibility index (Phi) is 6.21. The number of ether oxygens (including phenoxy) is 1. The summed E-state index contributed by atoms with van der Waals surface area (Å²) in [5, 5.41) is 11.2. The minimum absolute atomic E-state index is 0.108. The Morgan fingerprint density at radius 3 is 2.38 bits per heavy atom. The van der Waals surface area contributed by atoms with Gasteiger partial charge in [-0.3, -0.25) is 14.9 Å². The van der Waals surface area contributed by atoms with Crippen LogP contribution in [0.25, 0.3) is 0 Å². The van der Waals surface area contributed by atoms with Crippen LogP contribution < -0.4 is 5.32 Å². The van der Waals surface area contributed by atoms with E-state index in [-0.39, 0.29) is 18.8 Å². The lowest BCUT2D eigenvalue weighted by molar-refractivity contribution is -0.136. The van der Waals surface area contributed by atoms with E-state index in [0.717, 1.165) is 6.42 Å². The van der Waals surface area contributed by atoms with Gasteiger partial charge in [0.05, 0.1) is 24.7 Å². The summed E-state index contributed by atoms with van der Waals surface area (Å²) in [6.45, 7) is 6.82. The number of carbonyl (C=O) groups is 2. The number of carbonyl (C=O) groups excluding carboxylic acids is 2. The molecule has 1 atom stereocenters. The maximum absolute atomic E-state index is 11.4. The number of nitrogens with one attached hydrogen (secondary N) is 1. The van der Waals surface area contributed by atoms with Crippen LogP contribution in [-0.2, 0) is 14.3 Å². The van der Waals surface area contributed by atoms with Gasteiger partial charge in [-0.15, -0.1) is 0 Å². The van der Waals surface area contributed by atoms with Gasteiger partial charge in [-0.1, -0.05) is 6.92 Å². The Balaban J connectivity index is 4.20. The SMILES string of the molecule is CCC(C)(C)OCC(CO)C(=O)NC(C)=O. The number of imide groups is 1. The van der Waals surface area contributed by atoms with Crippen molar-refractivity contribution in [2.75, 3.05) is 13.2 Å². The second-order valence-corrected chi connectivity index (χ2v) is 4.35. The average Bonchev–Trinajstić information content (AvgIpc) is 2.17. The van der Waals surface area contributed by atoms with E-state index in [1.165, 1.54) is 6.92 Å². The van der Waals surface area contributed by atoms with Gasteiger partial charge in [0, 0.05) is 6.92 Å². The first-order chi connectivity index (χ1) is 7.32. The zero-order valence-corrected chi connectivity index (χ0v) is 10.4. The molecular formula is C11H21NO4. The first kappa shape index (κ1) is 15.1. The minimum Gasteiger partial charge on any atom is -0.395 e. The van der Waals surface area contributed by atoms with E-state index < -0.39 is 17.7 Å². The summed E-state index contributed by atoms with van der Waals surface area (Å²) in [7, 11) is 0. The summed E-state index contributed by atoms with van der Waals surface area (Å²) >= 11 is 0. The third-order valence-corrected chi connectivity index (χ3v) is 2.42. The van der Waals surface area contributed by atoms with Crippen molar-refractivity contribution in [1.29, 1.82) is 0 Å². The molecule has 1 unspecified atom stereocenters. The molecular weight excluding hydrogens is 210 g/mol. The van der Waals surface area contributed by atoms with E-state index in [2.05, 4.69) is 5.32 Å². The largest absolute Gasteiger partial charge is 0.395 e. The van der Waals surface area contributed by atoms with Crippen LogP contribution in [0.4, 0.5) is 0 Å². The fraction of sp³-hybridized carbons (Fsp3) is 0.818. The quantitative estimate of drug-likeness (QED) is 0.696. The predicted molar refractivity (Wildman–Crippen MR) is 59.7 cm³/mol. The van der Waals surface area contributed by atoms with Crippen molar-refractivity contribution >= 4 is 11.8 Å². The fourth-order valence-electron chi connectivity index (χ4n) is 0.915. The third kappa shape index (κ3) is 5.82. The topological polar surface area (TPSA) is 75.6 Å². The Bertz CT molecular complexity index is 250. The monoisotopic (exact) mass is 231 g/mol. The van der Waals surface area contributed by atoms with Crippen LogP contribution in [0.3, 0.4) is 0 Å². The molecule has 0 saturated carbocycles. The van der Waals surface area contributed by atoms with Crippen LogP contribution in [0.2, 0.25) is 0 Å². The Hall–Kier alpha value is -0.940. The molecule has 0 aromatic rings. The minimum atomic E-state index is -0.699. The zero-order chi connectivity index (χ0) is 12.8. The van der Waals surface area contributed by atoms with Gasteiger partial charge in [0.2, 0.25) is 11.8 Å². The number of aliphatic hydroxyl groups is 1. The molecule has 0 aromatic carbocycles. The summed E-state index contributed by atoms with van der Waals surface area (Å²) < 4.78 is 5.50. The standard InChI is InChI=1S/C11H21NO4/c1-5-11(3,4)16-7-9(6-13)10(15)12-8(2)14/h9,13H,5-7H2,1-4H3,(H,12,14,15). The molecule has 0 aliphatic rings. The number of hydrogen-bond acceptors (Lipinski definition) is 4. The Morgan fingerprint density at radius 2 is 2.00 bits per heavy atom. The van der Waals surface area contributed by atoms with Crippen LogP contribution in [0, 0.1) is 5.92 Å². The van der Waals surface area contributed by atoms with Crippen molar-refractivity contribution in [2.24, 2.45) is 5.92 Å². The highest BCUT2D eigenvalue weighted by atomic mass is 16.5. The number of amides is 2. The molecule has 0 aromatic heterocycles. The van der Waals surface area contributed by atoms with E-state index in [1.54, 1.807) is 0 Å². The molecule has 94 valence electrons. The summed E-state index contributed by atoms with van der Waals surface area (Å²) in [4.78, 5) is 22.1. The van der Waals surface area contributed by atoms with Crippen LogP contribution in [0.15, 0.2) is 0 Å². The molecule has 0 fully saturated rings. The average molecular weight is 231 g/mol.